The molecule has 2 heterocycles. The van der Waals surface area contributed by atoms with Gasteiger partial charge in [0.25, 0.3) is 5.91 Å². The molecule has 0 saturated carbocycles. The molecule has 0 aromatic carbocycles. The van der Waals surface area contributed by atoms with Crippen molar-refractivity contribution in [2.24, 2.45) is 0 Å². The first-order chi connectivity index (χ1) is 9.47. The smallest absolute Gasteiger partial charge is 0.324 e. The molecule has 1 aliphatic carbocycles. The zero-order chi connectivity index (χ0) is 14.4. The quantitative estimate of drug-likeness (QED) is 0.607. The maximum atomic E-state index is 11.9. The van der Waals surface area contributed by atoms with E-state index < -0.39 is 6.04 Å². The molecular weight excluding hydrogens is 301 g/mol. The average molecular weight is 314 g/mol. The number of imide groups is 1. The van der Waals surface area contributed by atoms with Crippen LogP contribution in [0.15, 0.2) is 6.20 Å². The van der Waals surface area contributed by atoms with E-state index in [4.69, 9.17) is 23.2 Å². The van der Waals surface area contributed by atoms with E-state index in [9.17, 15) is 9.59 Å². The van der Waals surface area contributed by atoms with E-state index >= 15 is 0 Å². The lowest BCUT2D eigenvalue weighted by atomic mass is 10.0. The summed E-state index contributed by atoms with van der Waals surface area (Å²) in [6.45, 7) is 0. The Balaban J connectivity index is 1.95. The third-order valence-electron chi connectivity index (χ3n) is 3.65. The Hall–Kier alpha value is -1.46. The fourth-order valence-electron chi connectivity index (χ4n) is 2.57. The molecule has 1 aromatic heterocycles. The number of nitrogens with one attached hydrogen (secondary N) is 2. The lowest BCUT2D eigenvalue weighted by molar-refractivity contribution is -0.126. The molecule has 3 amide bonds. The number of carbonyl (C=O) groups is 2. The van der Waals surface area contributed by atoms with Crippen molar-refractivity contribution in [2.75, 3.05) is 7.05 Å². The van der Waals surface area contributed by atoms with Gasteiger partial charge in [-0.05, 0) is 5.56 Å². The van der Waals surface area contributed by atoms with E-state index in [-0.39, 0.29) is 17.3 Å². The predicted molar refractivity (Wildman–Crippen MR) is 76.8 cm³/mol. The van der Waals surface area contributed by atoms with Gasteiger partial charge in [0, 0.05) is 36.3 Å². The highest BCUT2D eigenvalue weighted by Crippen LogP contribution is 2.18. The molecule has 1 aromatic rings. The van der Waals surface area contributed by atoms with Crippen molar-refractivity contribution in [1.29, 1.82) is 0 Å². The van der Waals surface area contributed by atoms with Crippen LogP contribution in [0, 0.1) is 0 Å². The van der Waals surface area contributed by atoms with Gasteiger partial charge in [0.1, 0.15) is 6.04 Å². The van der Waals surface area contributed by atoms with Gasteiger partial charge in [0.2, 0.25) is 0 Å². The Labute approximate surface area is 125 Å². The molecule has 0 radical (unpaired) electrons. The number of amides is 3. The number of urea groups is 1. The number of hydrogen-bond acceptors (Lipinski definition) is 2. The van der Waals surface area contributed by atoms with Crippen LogP contribution in [-0.2, 0) is 11.2 Å². The minimum Gasteiger partial charge on any atom is -0.360 e. The topological polar surface area (TPSA) is 65.2 Å². The van der Waals surface area contributed by atoms with Gasteiger partial charge in [-0.15, -0.1) is 11.6 Å². The first-order valence-corrected chi connectivity index (χ1v) is 7.07. The van der Waals surface area contributed by atoms with E-state index in [0.717, 1.165) is 21.0 Å². The number of rotatable bonds is 2. The summed E-state index contributed by atoms with van der Waals surface area (Å²) in [6, 6.07) is -0.900. The standard InChI is InChI=1S/C13H13Cl2N3O2/c1-18-12(19)10(17-13(18)20)2-6-5-16-11-8(6)3-7(14)4-9(11)15/h3,5,7,10,16H,2,4H2,1H3,(H,17,20). The molecule has 1 saturated heterocycles. The van der Waals surface area contributed by atoms with E-state index in [1.165, 1.54) is 7.05 Å². The summed E-state index contributed by atoms with van der Waals surface area (Å²) in [6.07, 6.45) is 4.76. The normalized spacial score (nSPS) is 25.6. The highest BCUT2D eigenvalue weighted by Gasteiger charge is 2.35. The fraction of sp³-hybridized carbons (Fsp3) is 0.385. The summed E-state index contributed by atoms with van der Waals surface area (Å²) in [5.41, 5.74) is 0.928. The van der Waals surface area contributed by atoms with Crippen molar-refractivity contribution in [3.05, 3.63) is 22.3 Å². The number of aromatic amines is 1. The van der Waals surface area contributed by atoms with Crippen molar-refractivity contribution in [1.82, 2.24) is 15.2 Å². The van der Waals surface area contributed by atoms with Crippen molar-refractivity contribution < 1.29 is 9.59 Å². The van der Waals surface area contributed by atoms with Crippen molar-refractivity contribution in [3.63, 3.8) is 0 Å². The number of likely N-dealkylation sites (N-methyl/N-ethyl adjacent to an activating group) is 1. The molecule has 3 rings (SSSR count). The van der Waals surface area contributed by atoms with Crippen LogP contribution in [0.3, 0.4) is 0 Å². The van der Waals surface area contributed by atoms with Gasteiger partial charge in [-0.1, -0.05) is 17.7 Å². The largest absolute Gasteiger partial charge is 0.360 e. The monoisotopic (exact) mass is 313 g/mol. The Morgan fingerprint density at radius 2 is 2.20 bits per heavy atom. The minimum atomic E-state index is -0.532. The Bertz CT molecular complexity index is 710. The Morgan fingerprint density at radius 1 is 1.45 bits per heavy atom. The van der Waals surface area contributed by atoms with Gasteiger partial charge in [-0.2, -0.15) is 0 Å². The van der Waals surface area contributed by atoms with Crippen LogP contribution in [0.4, 0.5) is 4.79 Å². The molecule has 0 spiro atoms. The molecule has 5 nitrogen and oxygen atoms in total. The van der Waals surface area contributed by atoms with Crippen LogP contribution in [0.25, 0.3) is 11.1 Å². The van der Waals surface area contributed by atoms with E-state index in [0.29, 0.717) is 17.9 Å². The molecule has 1 aliphatic heterocycles. The number of aromatic nitrogens is 1. The SMILES string of the molecule is CN1C(=O)NC(Cc2c[nH]c3c2=CC(Cl)CC=3Cl)C1=O. The van der Waals surface area contributed by atoms with Crippen LogP contribution >= 0.6 is 23.2 Å². The van der Waals surface area contributed by atoms with Crippen molar-refractivity contribution in [2.45, 2.75) is 24.3 Å². The second-order valence-corrected chi connectivity index (χ2v) is 6.01. The van der Waals surface area contributed by atoms with Crippen LogP contribution in [0.2, 0.25) is 0 Å². The molecule has 7 heteroatoms. The van der Waals surface area contributed by atoms with Gasteiger partial charge in [-0.3, -0.25) is 9.69 Å². The molecule has 2 atom stereocenters. The second-order valence-electron chi connectivity index (χ2n) is 5.00. The average Bonchev–Trinajstić information content (AvgIpc) is 2.88. The van der Waals surface area contributed by atoms with Gasteiger partial charge in [-0.25, -0.2) is 4.79 Å². The van der Waals surface area contributed by atoms with Crippen molar-refractivity contribution in [3.8, 4) is 0 Å². The summed E-state index contributed by atoms with van der Waals surface area (Å²) in [4.78, 5) is 27.6. The van der Waals surface area contributed by atoms with Gasteiger partial charge in [0.05, 0.1) is 10.7 Å². The molecule has 0 bridgehead atoms. The van der Waals surface area contributed by atoms with Crippen LogP contribution in [0.1, 0.15) is 12.0 Å². The molecular formula is C13H13Cl2N3O2. The third kappa shape index (κ3) is 2.11. The maximum Gasteiger partial charge on any atom is 0.324 e. The summed E-state index contributed by atoms with van der Waals surface area (Å²) in [7, 11) is 1.47. The fourth-order valence-corrected chi connectivity index (χ4v) is 3.25. The number of nitrogens with zero attached hydrogens (tertiary/aromatic N) is 1. The van der Waals surface area contributed by atoms with Gasteiger partial charge >= 0.3 is 6.03 Å². The van der Waals surface area contributed by atoms with E-state index in [1.807, 2.05) is 12.3 Å². The minimum absolute atomic E-state index is 0.152. The molecule has 20 heavy (non-hydrogen) atoms. The van der Waals surface area contributed by atoms with Crippen LogP contribution in [-0.4, -0.2) is 40.3 Å². The lowest BCUT2D eigenvalue weighted by Crippen LogP contribution is -2.36. The second kappa shape index (κ2) is 4.82. The third-order valence-corrected chi connectivity index (χ3v) is 4.28. The number of H-pyrrole nitrogens is 1. The zero-order valence-corrected chi connectivity index (χ0v) is 12.3. The molecule has 2 aliphatic rings. The molecule has 2 unspecified atom stereocenters. The number of alkyl halides is 1. The summed E-state index contributed by atoms with van der Waals surface area (Å²) in [5.74, 6) is -0.224. The lowest BCUT2D eigenvalue weighted by Gasteiger charge is -2.09. The predicted octanol–water partition coefficient (Wildman–Crippen LogP) is 0.246. The van der Waals surface area contributed by atoms with Crippen molar-refractivity contribution >= 4 is 46.2 Å². The van der Waals surface area contributed by atoms with Gasteiger partial charge in [0.15, 0.2) is 0 Å². The summed E-state index contributed by atoms with van der Waals surface area (Å²) < 4.78 is 0. The highest BCUT2D eigenvalue weighted by molar-refractivity contribution is 6.46. The first-order valence-electron chi connectivity index (χ1n) is 6.26. The van der Waals surface area contributed by atoms with E-state index in [2.05, 4.69) is 10.3 Å². The Kier molecular flexibility index (Phi) is 3.26. The van der Waals surface area contributed by atoms with E-state index in [1.54, 1.807) is 0 Å². The number of halogens is 2. The summed E-state index contributed by atoms with van der Waals surface area (Å²) >= 11 is 12.3. The van der Waals surface area contributed by atoms with Gasteiger partial charge < -0.3 is 10.3 Å². The summed E-state index contributed by atoms with van der Waals surface area (Å²) in [5, 5.41) is 4.97. The van der Waals surface area contributed by atoms with Crippen LogP contribution < -0.4 is 15.9 Å². The van der Waals surface area contributed by atoms with Crippen LogP contribution in [0.5, 0.6) is 0 Å². The molecule has 2 N–H and O–H groups in total. The number of fused-ring (bicyclic) bond motifs is 1. The first kappa shape index (κ1) is 13.5. The highest BCUT2D eigenvalue weighted by atomic mass is 35.5. The Morgan fingerprint density at radius 3 is 2.85 bits per heavy atom. The zero-order valence-electron chi connectivity index (χ0n) is 10.7. The molecule has 1 fully saturated rings. The molecule has 106 valence electrons. The number of hydrogen-bond donors (Lipinski definition) is 2. The number of carbonyl (C=O) groups excluding carboxylic acids is 2. The maximum absolute atomic E-state index is 11.9.